The molecule has 0 aliphatic carbocycles. The summed E-state index contributed by atoms with van der Waals surface area (Å²) in [5.74, 6) is 0. The van der Waals surface area contributed by atoms with E-state index >= 15 is 0 Å². The molecule has 0 spiro atoms. The van der Waals surface area contributed by atoms with Crippen molar-refractivity contribution in [1.29, 1.82) is 0 Å². The maximum atomic E-state index is 13.1. The van der Waals surface area contributed by atoms with Crippen molar-refractivity contribution in [3.05, 3.63) is 41.7 Å². The van der Waals surface area contributed by atoms with Crippen molar-refractivity contribution in [3.63, 3.8) is 0 Å². The minimum atomic E-state index is -4.42. The number of alkyl halides is 3. The Hall–Kier alpha value is -2.02. The highest BCUT2D eigenvalue weighted by molar-refractivity contribution is 5.52. The van der Waals surface area contributed by atoms with Crippen LogP contribution in [0.15, 0.2) is 30.5 Å². The van der Waals surface area contributed by atoms with Crippen LogP contribution in [0.25, 0.3) is 5.69 Å². The lowest BCUT2D eigenvalue weighted by molar-refractivity contribution is -0.137. The van der Waals surface area contributed by atoms with E-state index in [9.17, 15) is 13.2 Å². The highest BCUT2D eigenvalue weighted by Gasteiger charge is 2.34. The number of hydrogen-bond donors (Lipinski definition) is 2. The molecule has 21 heavy (non-hydrogen) atoms. The van der Waals surface area contributed by atoms with E-state index in [1.807, 2.05) is 6.92 Å². The molecule has 0 atom stereocenters. The Bertz CT molecular complexity index is 605. The van der Waals surface area contributed by atoms with Gasteiger partial charge in [0.2, 0.25) is 0 Å². The van der Waals surface area contributed by atoms with E-state index in [1.165, 1.54) is 23.0 Å². The van der Waals surface area contributed by atoms with Gasteiger partial charge in [0.15, 0.2) is 0 Å². The molecule has 0 fully saturated rings. The van der Waals surface area contributed by atoms with Crippen molar-refractivity contribution in [2.75, 3.05) is 18.4 Å². The Kier molecular flexibility index (Phi) is 4.52. The van der Waals surface area contributed by atoms with Crippen LogP contribution in [-0.2, 0) is 12.6 Å². The second kappa shape index (κ2) is 6.17. The molecule has 7 heteroatoms. The molecule has 4 nitrogen and oxygen atoms in total. The third-order valence-electron chi connectivity index (χ3n) is 3.10. The molecular weight excluding hydrogens is 281 g/mol. The summed E-state index contributed by atoms with van der Waals surface area (Å²) in [6.07, 6.45) is -2.33. The lowest BCUT2D eigenvalue weighted by atomic mass is 10.1. The van der Waals surface area contributed by atoms with Crippen LogP contribution in [0, 0.1) is 0 Å². The first-order valence-electron chi connectivity index (χ1n) is 6.66. The molecule has 2 rings (SSSR count). The standard InChI is InChI=1S/C14H17F3N4/c1-2-12-11(19-8-7-18)9-20-21(12)13-6-4-3-5-10(13)14(15,16)17/h3-6,9,19H,2,7-8,18H2,1H3. The Morgan fingerprint density at radius 2 is 2.00 bits per heavy atom. The number of hydrogen-bond acceptors (Lipinski definition) is 3. The van der Waals surface area contributed by atoms with Gasteiger partial charge in [-0.05, 0) is 18.6 Å². The molecule has 1 heterocycles. The molecule has 2 aromatic rings. The molecule has 0 saturated carbocycles. The molecule has 1 aromatic carbocycles. The van der Waals surface area contributed by atoms with Gasteiger partial charge in [0.1, 0.15) is 0 Å². The minimum Gasteiger partial charge on any atom is -0.381 e. The lowest BCUT2D eigenvalue weighted by Gasteiger charge is -2.15. The summed E-state index contributed by atoms with van der Waals surface area (Å²) < 4.78 is 40.7. The molecule has 0 saturated heterocycles. The third-order valence-corrected chi connectivity index (χ3v) is 3.10. The molecule has 0 bridgehead atoms. The Morgan fingerprint density at radius 3 is 2.62 bits per heavy atom. The maximum Gasteiger partial charge on any atom is 0.418 e. The summed E-state index contributed by atoms with van der Waals surface area (Å²) >= 11 is 0. The van der Waals surface area contributed by atoms with Gasteiger partial charge < -0.3 is 11.1 Å². The molecule has 0 unspecified atom stereocenters. The van der Waals surface area contributed by atoms with Crippen molar-refractivity contribution in [2.45, 2.75) is 19.5 Å². The number of nitrogens with zero attached hydrogens (tertiary/aromatic N) is 2. The van der Waals surface area contributed by atoms with E-state index in [4.69, 9.17) is 5.73 Å². The SMILES string of the molecule is CCc1c(NCCN)cnn1-c1ccccc1C(F)(F)F. The number of para-hydroxylation sites is 1. The first kappa shape index (κ1) is 15.4. The molecule has 3 N–H and O–H groups in total. The number of rotatable bonds is 5. The van der Waals surface area contributed by atoms with E-state index in [0.717, 1.165) is 6.07 Å². The van der Waals surface area contributed by atoms with Gasteiger partial charge in [0, 0.05) is 13.1 Å². The average molecular weight is 298 g/mol. The van der Waals surface area contributed by atoms with Crippen LogP contribution < -0.4 is 11.1 Å². The summed E-state index contributed by atoms with van der Waals surface area (Å²) in [6, 6.07) is 5.42. The van der Waals surface area contributed by atoms with Gasteiger partial charge in [0.25, 0.3) is 0 Å². The summed E-state index contributed by atoms with van der Waals surface area (Å²) in [4.78, 5) is 0. The fourth-order valence-corrected chi connectivity index (χ4v) is 2.17. The van der Waals surface area contributed by atoms with Gasteiger partial charge in [-0.15, -0.1) is 0 Å². The average Bonchev–Trinajstić information content (AvgIpc) is 2.86. The monoisotopic (exact) mass is 298 g/mol. The van der Waals surface area contributed by atoms with Crippen LogP contribution in [0.5, 0.6) is 0 Å². The van der Waals surface area contributed by atoms with Gasteiger partial charge >= 0.3 is 6.18 Å². The largest absolute Gasteiger partial charge is 0.418 e. The highest BCUT2D eigenvalue weighted by Crippen LogP contribution is 2.34. The van der Waals surface area contributed by atoms with Gasteiger partial charge in [-0.2, -0.15) is 18.3 Å². The fraction of sp³-hybridized carbons (Fsp3) is 0.357. The molecule has 0 aliphatic heterocycles. The first-order chi connectivity index (χ1) is 9.99. The second-order valence-corrected chi connectivity index (χ2v) is 4.50. The molecular formula is C14H17F3N4. The van der Waals surface area contributed by atoms with E-state index in [0.29, 0.717) is 30.9 Å². The van der Waals surface area contributed by atoms with Crippen molar-refractivity contribution in [1.82, 2.24) is 9.78 Å². The van der Waals surface area contributed by atoms with Gasteiger partial charge in [-0.25, -0.2) is 4.68 Å². The van der Waals surface area contributed by atoms with Gasteiger partial charge in [-0.1, -0.05) is 19.1 Å². The Labute approximate surface area is 120 Å². The zero-order valence-corrected chi connectivity index (χ0v) is 11.6. The van der Waals surface area contributed by atoms with Crippen LogP contribution in [0.3, 0.4) is 0 Å². The summed E-state index contributed by atoms with van der Waals surface area (Å²) in [7, 11) is 0. The maximum absolute atomic E-state index is 13.1. The molecule has 0 amide bonds. The van der Waals surface area contributed by atoms with E-state index in [2.05, 4.69) is 10.4 Å². The van der Waals surface area contributed by atoms with Crippen LogP contribution in [0.1, 0.15) is 18.2 Å². The van der Waals surface area contributed by atoms with Crippen molar-refractivity contribution >= 4 is 5.69 Å². The normalized spacial score (nSPS) is 11.7. The third kappa shape index (κ3) is 3.18. The number of halogens is 3. The van der Waals surface area contributed by atoms with E-state index in [-0.39, 0.29) is 5.69 Å². The van der Waals surface area contributed by atoms with E-state index in [1.54, 1.807) is 6.07 Å². The molecule has 0 radical (unpaired) electrons. The summed E-state index contributed by atoms with van der Waals surface area (Å²) in [5.41, 5.74) is 6.16. The molecule has 0 aliphatic rings. The van der Waals surface area contributed by atoms with Crippen LogP contribution in [0.2, 0.25) is 0 Å². The van der Waals surface area contributed by atoms with Crippen molar-refractivity contribution in [2.24, 2.45) is 5.73 Å². The minimum absolute atomic E-state index is 0.0302. The first-order valence-corrected chi connectivity index (χ1v) is 6.66. The quantitative estimate of drug-likeness (QED) is 0.892. The molecule has 114 valence electrons. The number of aromatic nitrogens is 2. The lowest BCUT2D eigenvalue weighted by Crippen LogP contribution is -2.15. The predicted octanol–water partition coefficient (Wildman–Crippen LogP) is 2.82. The Balaban J connectivity index is 2.50. The Morgan fingerprint density at radius 1 is 1.29 bits per heavy atom. The van der Waals surface area contributed by atoms with Crippen LogP contribution in [-0.4, -0.2) is 22.9 Å². The zero-order valence-electron chi connectivity index (χ0n) is 11.6. The van der Waals surface area contributed by atoms with Crippen LogP contribution in [0.4, 0.5) is 18.9 Å². The zero-order chi connectivity index (χ0) is 15.5. The topological polar surface area (TPSA) is 55.9 Å². The second-order valence-electron chi connectivity index (χ2n) is 4.50. The van der Waals surface area contributed by atoms with Crippen molar-refractivity contribution in [3.8, 4) is 5.69 Å². The predicted molar refractivity (Wildman–Crippen MR) is 75.5 cm³/mol. The van der Waals surface area contributed by atoms with Gasteiger partial charge in [-0.3, -0.25) is 0 Å². The smallest absolute Gasteiger partial charge is 0.381 e. The van der Waals surface area contributed by atoms with Gasteiger partial charge in [0.05, 0.1) is 28.8 Å². The number of benzene rings is 1. The summed E-state index contributed by atoms with van der Waals surface area (Å²) in [5, 5.41) is 7.17. The number of nitrogens with one attached hydrogen (secondary N) is 1. The fourth-order valence-electron chi connectivity index (χ4n) is 2.17. The number of anilines is 1. The number of nitrogens with two attached hydrogens (primary N) is 1. The summed E-state index contributed by atoms with van der Waals surface area (Å²) in [6.45, 7) is 2.85. The van der Waals surface area contributed by atoms with E-state index < -0.39 is 11.7 Å². The molecule has 1 aromatic heterocycles. The highest BCUT2D eigenvalue weighted by atomic mass is 19.4. The van der Waals surface area contributed by atoms with Crippen molar-refractivity contribution < 1.29 is 13.2 Å². The van der Waals surface area contributed by atoms with Crippen LogP contribution >= 0.6 is 0 Å².